The smallest absolute Gasteiger partial charge is 0.306 e. The molecule has 6 nitrogen and oxygen atoms in total. The van der Waals surface area contributed by atoms with E-state index in [0.717, 1.165) is 64.2 Å². The summed E-state index contributed by atoms with van der Waals surface area (Å²) in [7, 11) is 0. The number of aliphatic hydroxyl groups is 2. The fourth-order valence-electron chi connectivity index (χ4n) is 8.29. The summed E-state index contributed by atoms with van der Waals surface area (Å²) in [6.07, 6.45) is 55.2. The largest absolute Gasteiger partial charge is 0.462 e. The molecule has 3 atom stereocenters. The molecular formula is C54H103NO5. The van der Waals surface area contributed by atoms with Crippen LogP contribution in [0.4, 0.5) is 0 Å². The Morgan fingerprint density at radius 2 is 0.900 bits per heavy atom. The summed E-state index contributed by atoms with van der Waals surface area (Å²) in [6.45, 7) is 6.40. The summed E-state index contributed by atoms with van der Waals surface area (Å²) < 4.78 is 5.94. The highest BCUT2D eigenvalue weighted by atomic mass is 16.5. The second kappa shape index (κ2) is 48.4. The Hall–Kier alpha value is -1.66. The Balaban J connectivity index is 4.55. The second-order valence-electron chi connectivity index (χ2n) is 18.3. The van der Waals surface area contributed by atoms with Gasteiger partial charge in [0.25, 0.3) is 0 Å². The van der Waals surface area contributed by atoms with Crippen molar-refractivity contribution in [2.75, 3.05) is 6.61 Å². The van der Waals surface area contributed by atoms with E-state index < -0.39 is 18.2 Å². The second-order valence-corrected chi connectivity index (χ2v) is 18.3. The number of allylic oxidation sites excluding steroid dienone is 4. The maximum Gasteiger partial charge on any atom is 0.306 e. The minimum Gasteiger partial charge on any atom is -0.462 e. The van der Waals surface area contributed by atoms with E-state index in [-0.39, 0.29) is 24.9 Å². The number of carbonyl (C=O) groups is 2. The van der Waals surface area contributed by atoms with Crippen molar-refractivity contribution in [2.45, 2.75) is 302 Å². The van der Waals surface area contributed by atoms with E-state index in [1.165, 1.54) is 173 Å². The van der Waals surface area contributed by atoms with Crippen LogP contribution in [0.3, 0.4) is 0 Å². The zero-order valence-corrected chi connectivity index (χ0v) is 40.4. The van der Waals surface area contributed by atoms with Crippen LogP contribution < -0.4 is 5.32 Å². The molecule has 0 heterocycles. The molecule has 0 saturated carbocycles. The van der Waals surface area contributed by atoms with Gasteiger partial charge in [-0.1, -0.05) is 244 Å². The van der Waals surface area contributed by atoms with Crippen LogP contribution in [-0.2, 0) is 14.3 Å². The molecule has 0 aliphatic heterocycles. The average molecular weight is 846 g/mol. The number of carbonyl (C=O) groups excluding carboxylic acids is 2. The number of aliphatic hydroxyl groups excluding tert-OH is 2. The molecule has 0 aromatic rings. The van der Waals surface area contributed by atoms with Gasteiger partial charge in [0, 0.05) is 6.42 Å². The van der Waals surface area contributed by atoms with Crippen molar-refractivity contribution >= 4 is 11.9 Å². The fraction of sp³-hybridized carbons (Fsp3) is 0.889. The van der Waals surface area contributed by atoms with E-state index in [0.29, 0.717) is 19.3 Å². The van der Waals surface area contributed by atoms with Gasteiger partial charge in [-0.3, -0.25) is 9.59 Å². The summed E-state index contributed by atoms with van der Waals surface area (Å²) >= 11 is 0. The van der Waals surface area contributed by atoms with Gasteiger partial charge in [-0.2, -0.15) is 0 Å². The first kappa shape index (κ1) is 58.3. The molecule has 60 heavy (non-hydrogen) atoms. The monoisotopic (exact) mass is 846 g/mol. The molecule has 3 N–H and O–H groups in total. The normalized spacial score (nSPS) is 13.3. The van der Waals surface area contributed by atoms with E-state index in [4.69, 9.17) is 4.74 Å². The van der Waals surface area contributed by atoms with Gasteiger partial charge in [0.1, 0.15) is 6.10 Å². The SMILES string of the molecule is CC/C=C/C/C=C/CCCCCCCCCC(=O)OC(CCCCCCCCCCCCCCCCCC)CC(=O)NC(CO)C(O)CCCCCCCCCCCCC. The molecule has 0 rings (SSSR count). The van der Waals surface area contributed by atoms with E-state index in [9.17, 15) is 19.8 Å². The van der Waals surface area contributed by atoms with Crippen molar-refractivity contribution in [3.8, 4) is 0 Å². The Morgan fingerprint density at radius 1 is 0.500 bits per heavy atom. The fourth-order valence-corrected chi connectivity index (χ4v) is 8.29. The molecule has 354 valence electrons. The molecule has 0 radical (unpaired) electrons. The lowest BCUT2D eigenvalue weighted by atomic mass is 10.0. The Bertz CT molecular complexity index is 950. The maximum absolute atomic E-state index is 13.2. The lowest BCUT2D eigenvalue weighted by molar-refractivity contribution is -0.151. The van der Waals surface area contributed by atoms with Gasteiger partial charge in [-0.25, -0.2) is 0 Å². The molecule has 0 aliphatic carbocycles. The van der Waals surface area contributed by atoms with Crippen molar-refractivity contribution in [3.63, 3.8) is 0 Å². The van der Waals surface area contributed by atoms with E-state index in [1.54, 1.807) is 0 Å². The van der Waals surface area contributed by atoms with Crippen molar-refractivity contribution in [1.29, 1.82) is 0 Å². The van der Waals surface area contributed by atoms with Crippen molar-refractivity contribution in [1.82, 2.24) is 5.32 Å². The first-order valence-electron chi connectivity index (χ1n) is 26.6. The molecule has 0 aliphatic rings. The molecule has 1 amide bonds. The van der Waals surface area contributed by atoms with Crippen LogP contribution in [0.25, 0.3) is 0 Å². The molecule has 6 heteroatoms. The quantitative estimate of drug-likeness (QED) is 0.0322. The Labute approximate surface area is 373 Å². The van der Waals surface area contributed by atoms with Crippen molar-refractivity contribution in [3.05, 3.63) is 24.3 Å². The van der Waals surface area contributed by atoms with Gasteiger partial charge in [0.15, 0.2) is 0 Å². The minimum absolute atomic E-state index is 0.0801. The van der Waals surface area contributed by atoms with Crippen LogP contribution in [0, 0.1) is 0 Å². The summed E-state index contributed by atoms with van der Waals surface area (Å²) in [5.74, 6) is -0.467. The number of rotatable bonds is 48. The molecule has 0 saturated heterocycles. The predicted molar refractivity (Wildman–Crippen MR) is 260 cm³/mol. The van der Waals surface area contributed by atoms with Crippen LogP contribution >= 0.6 is 0 Å². The third-order valence-corrected chi connectivity index (χ3v) is 12.3. The summed E-state index contributed by atoms with van der Waals surface area (Å²) in [5.41, 5.74) is 0. The molecule has 3 unspecified atom stereocenters. The van der Waals surface area contributed by atoms with Crippen LogP contribution in [0.2, 0.25) is 0 Å². The third-order valence-electron chi connectivity index (χ3n) is 12.3. The number of hydrogen-bond acceptors (Lipinski definition) is 5. The van der Waals surface area contributed by atoms with Crippen molar-refractivity contribution in [2.24, 2.45) is 0 Å². The van der Waals surface area contributed by atoms with Gasteiger partial charge in [-0.05, 0) is 51.4 Å². The highest BCUT2D eigenvalue weighted by Crippen LogP contribution is 2.19. The number of unbranched alkanes of at least 4 members (excludes halogenated alkanes) is 32. The predicted octanol–water partition coefficient (Wildman–Crippen LogP) is 15.9. The van der Waals surface area contributed by atoms with Crippen molar-refractivity contribution < 1.29 is 24.5 Å². The zero-order valence-electron chi connectivity index (χ0n) is 40.4. The molecule has 0 fully saturated rings. The van der Waals surface area contributed by atoms with E-state index in [1.807, 2.05) is 0 Å². The first-order chi connectivity index (χ1) is 29.5. The van der Waals surface area contributed by atoms with Gasteiger partial charge < -0.3 is 20.3 Å². The average Bonchev–Trinajstić information content (AvgIpc) is 3.24. The number of amides is 1. The topological polar surface area (TPSA) is 95.9 Å². The molecular weight excluding hydrogens is 743 g/mol. The zero-order chi connectivity index (χ0) is 43.8. The Morgan fingerprint density at radius 3 is 1.35 bits per heavy atom. The van der Waals surface area contributed by atoms with Gasteiger partial charge in [0.2, 0.25) is 5.91 Å². The van der Waals surface area contributed by atoms with Gasteiger partial charge in [0.05, 0.1) is 25.2 Å². The standard InChI is InChI=1S/C54H103NO5/c1-4-7-10-13-16-19-22-24-26-27-28-31-33-36-39-42-45-50(60-54(59)47-44-41-38-35-32-29-25-23-20-17-14-11-8-5-2)48-53(58)55-51(49-56)52(57)46-43-40-37-34-30-21-18-15-12-9-6-3/h8,11,17,20,50-52,56-57H,4-7,9-10,12-16,18-19,21-49H2,1-3H3,(H,55,58)/b11-8+,20-17+. The number of hydrogen-bond donors (Lipinski definition) is 3. The summed E-state index contributed by atoms with van der Waals surface area (Å²) in [5, 5.41) is 23.8. The highest BCUT2D eigenvalue weighted by molar-refractivity contribution is 5.77. The maximum atomic E-state index is 13.2. The first-order valence-corrected chi connectivity index (χ1v) is 26.6. The summed E-state index contributed by atoms with van der Waals surface area (Å²) in [6, 6.07) is -0.697. The molecule has 0 aromatic heterocycles. The Kier molecular flexibility index (Phi) is 47.0. The number of nitrogens with one attached hydrogen (secondary N) is 1. The molecule has 0 spiro atoms. The number of ether oxygens (including phenoxy) is 1. The van der Waals surface area contributed by atoms with Gasteiger partial charge in [-0.15, -0.1) is 0 Å². The highest BCUT2D eigenvalue weighted by Gasteiger charge is 2.24. The third kappa shape index (κ3) is 43.0. The van der Waals surface area contributed by atoms with Crippen LogP contribution in [0.15, 0.2) is 24.3 Å². The molecule has 0 aromatic carbocycles. The number of esters is 1. The molecule has 0 bridgehead atoms. The van der Waals surface area contributed by atoms with Gasteiger partial charge >= 0.3 is 5.97 Å². The lowest BCUT2D eigenvalue weighted by Gasteiger charge is -2.24. The lowest BCUT2D eigenvalue weighted by Crippen LogP contribution is -2.46. The minimum atomic E-state index is -0.784. The van der Waals surface area contributed by atoms with Crippen LogP contribution in [0.5, 0.6) is 0 Å². The van der Waals surface area contributed by atoms with E-state index >= 15 is 0 Å². The summed E-state index contributed by atoms with van der Waals surface area (Å²) in [4.78, 5) is 26.2. The van der Waals surface area contributed by atoms with Crippen LogP contribution in [-0.4, -0.2) is 46.9 Å². The van der Waals surface area contributed by atoms with E-state index in [2.05, 4.69) is 50.4 Å². The van der Waals surface area contributed by atoms with Crippen LogP contribution in [0.1, 0.15) is 284 Å².